The highest BCUT2D eigenvalue weighted by Gasteiger charge is 1.95. The Kier molecular flexibility index (Phi) is 6.11. The Labute approximate surface area is 85.0 Å². The fourth-order valence-electron chi connectivity index (χ4n) is 0.523. The van der Waals surface area contributed by atoms with Gasteiger partial charge in [-0.25, -0.2) is 0 Å². The van der Waals surface area contributed by atoms with Gasteiger partial charge in [0.05, 0.1) is 6.42 Å². The molecule has 0 spiro atoms. The van der Waals surface area contributed by atoms with Gasteiger partial charge in [0.15, 0.2) is 0 Å². The van der Waals surface area contributed by atoms with Crippen LogP contribution in [0.15, 0.2) is 21.7 Å². The summed E-state index contributed by atoms with van der Waals surface area (Å²) in [5.74, 6) is -0.848. The number of allylic oxidation sites excluding steroid dienone is 3. The molecule has 0 aromatic heterocycles. The minimum atomic E-state index is -0.848. The standard InChI is InChI=1S/C8H10BrClO2/c1-2-7(10)6(9)4-3-5-8(11)12/h3-4H,2,5H2,1H3,(H,11,12)/b4-3-,7-6-. The predicted octanol–water partition coefficient (Wildman–Crippen LogP) is 3.27. The second-order valence-corrected chi connectivity index (χ2v) is 3.42. The van der Waals surface area contributed by atoms with Gasteiger partial charge in [0.1, 0.15) is 0 Å². The van der Waals surface area contributed by atoms with Crippen LogP contribution in [0.3, 0.4) is 0 Å². The SMILES string of the molecule is CC/C(Cl)=C(Br)\C=C/CC(=O)O. The maximum absolute atomic E-state index is 10.1. The summed E-state index contributed by atoms with van der Waals surface area (Å²) in [5, 5.41) is 9.00. The van der Waals surface area contributed by atoms with E-state index in [-0.39, 0.29) is 6.42 Å². The van der Waals surface area contributed by atoms with Crippen LogP contribution in [-0.2, 0) is 4.79 Å². The van der Waals surface area contributed by atoms with Gasteiger partial charge in [-0.1, -0.05) is 30.7 Å². The molecule has 0 radical (unpaired) electrons. The molecule has 0 saturated carbocycles. The molecule has 0 aliphatic rings. The lowest BCUT2D eigenvalue weighted by atomic mass is 10.3. The molecular formula is C8H10BrClO2. The first kappa shape index (κ1) is 11.7. The minimum Gasteiger partial charge on any atom is -0.481 e. The molecule has 0 heterocycles. The van der Waals surface area contributed by atoms with Crippen LogP contribution in [0.25, 0.3) is 0 Å². The molecule has 0 unspecified atom stereocenters. The molecule has 2 nitrogen and oxygen atoms in total. The van der Waals surface area contributed by atoms with Gasteiger partial charge >= 0.3 is 5.97 Å². The summed E-state index contributed by atoms with van der Waals surface area (Å²) < 4.78 is 0.743. The lowest BCUT2D eigenvalue weighted by Crippen LogP contribution is -1.89. The summed E-state index contributed by atoms with van der Waals surface area (Å²) in [4.78, 5) is 10.1. The smallest absolute Gasteiger partial charge is 0.307 e. The molecule has 0 atom stereocenters. The van der Waals surface area contributed by atoms with Crippen LogP contribution in [-0.4, -0.2) is 11.1 Å². The van der Waals surface area contributed by atoms with Gasteiger partial charge in [-0.05, 0) is 22.4 Å². The summed E-state index contributed by atoms with van der Waals surface area (Å²) in [6.07, 6.45) is 3.95. The fourth-order valence-corrected chi connectivity index (χ4v) is 1.05. The van der Waals surface area contributed by atoms with Crippen LogP contribution >= 0.6 is 27.5 Å². The highest BCUT2D eigenvalue weighted by molar-refractivity contribution is 9.12. The van der Waals surface area contributed by atoms with Crippen molar-refractivity contribution in [1.29, 1.82) is 0 Å². The van der Waals surface area contributed by atoms with E-state index in [0.717, 1.165) is 10.9 Å². The van der Waals surface area contributed by atoms with E-state index in [1.165, 1.54) is 0 Å². The molecule has 4 heteroatoms. The van der Waals surface area contributed by atoms with Crippen LogP contribution in [0.1, 0.15) is 19.8 Å². The molecule has 0 aliphatic carbocycles. The molecule has 12 heavy (non-hydrogen) atoms. The Morgan fingerprint density at radius 3 is 2.67 bits per heavy atom. The van der Waals surface area contributed by atoms with E-state index in [1.807, 2.05) is 6.92 Å². The van der Waals surface area contributed by atoms with E-state index >= 15 is 0 Å². The Balaban J connectivity index is 4.07. The molecule has 0 aromatic rings. The summed E-state index contributed by atoms with van der Waals surface area (Å²) in [6, 6.07) is 0. The zero-order chi connectivity index (χ0) is 9.56. The van der Waals surface area contributed by atoms with Crippen molar-refractivity contribution in [2.45, 2.75) is 19.8 Å². The predicted molar refractivity (Wildman–Crippen MR) is 53.5 cm³/mol. The number of rotatable bonds is 4. The normalized spacial score (nSPS) is 13.2. The molecule has 0 fully saturated rings. The minimum absolute atomic E-state index is 0.0168. The van der Waals surface area contributed by atoms with Crippen LogP contribution in [0.5, 0.6) is 0 Å². The van der Waals surface area contributed by atoms with Crippen molar-refractivity contribution in [3.05, 3.63) is 21.7 Å². The summed E-state index contributed by atoms with van der Waals surface area (Å²) in [5.41, 5.74) is 0. The Hall–Kier alpha value is -0.280. The van der Waals surface area contributed by atoms with Crippen molar-refractivity contribution in [3.63, 3.8) is 0 Å². The van der Waals surface area contributed by atoms with E-state index in [2.05, 4.69) is 15.9 Å². The Bertz CT molecular complexity index is 221. The maximum Gasteiger partial charge on any atom is 0.307 e. The number of hydrogen-bond donors (Lipinski definition) is 1. The summed E-state index contributed by atoms with van der Waals surface area (Å²) >= 11 is 8.99. The lowest BCUT2D eigenvalue weighted by Gasteiger charge is -1.93. The first-order valence-corrected chi connectivity index (χ1v) is 4.67. The zero-order valence-electron chi connectivity index (χ0n) is 6.68. The van der Waals surface area contributed by atoms with Crippen LogP contribution in [0.4, 0.5) is 0 Å². The molecule has 1 N–H and O–H groups in total. The zero-order valence-corrected chi connectivity index (χ0v) is 9.02. The molecule has 0 bridgehead atoms. The van der Waals surface area contributed by atoms with E-state index in [4.69, 9.17) is 16.7 Å². The molecule has 0 aromatic carbocycles. The number of carboxylic acid groups (broad SMARTS) is 1. The molecule has 0 saturated heterocycles. The topological polar surface area (TPSA) is 37.3 Å². The van der Waals surface area contributed by atoms with Crippen molar-refractivity contribution in [3.8, 4) is 0 Å². The summed E-state index contributed by atoms with van der Waals surface area (Å²) in [6.45, 7) is 1.93. The molecule has 0 amide bonds. The van der Waals surface area contributed by atoms with Gasteiger partial charge in [0.25, 0.3) is 0 Å². The number of hydrogen-bond acceptors (Lipinski definition) is 1. The van der Waals surface area contributed by atoms with E-state index < -0.39 is 5.97 Å². The Morgan fingerprint density at radius 1 is 1.67 bits per heavy atom. The largest absolute Gasteiger partial charge is 0.481 e. The fraction of sp³-hybridized carbons (Fsp3) is 0.375. The first-order chi connectivity index (χ1) is 5.57. The Morgan fingerprint density at radius 2 is 2.25 bits per heavy atom. The van der Waals surface area contributed by atoms with Crippen molar-refractivity contribution in [2.24, 2.45) is 0 Å². The highest BCUT2D eigenvalue weighted by Crippen LogP contribution is 2.19. The second kappa shape index (κ2) is 6.26. The van der Waals surface area contributed by atoms with Crippen molar-refractivity contribution in [2.75, 3.05) is 0 Å². The van der Waals surface area contributed by atoms with E-state index in [0.29, 0.717) is 5.03 Å². The van der Waals surface area contributed by atoms with Gasteiger partial charge in [0.2, 0.25) is 0 Å². The molecule has 68 valence electrons. The van der Waals surface area contributed by atoms with Crippen LogP contribution < -0.4 is 0 Å². The van der Waals surface area contributed by atoms with Crippen LogP contribution in [0.2, 0.25) is 0 Å². The third kappa shape index (κ3) is 5.38. The number of halogens is 2. The number of carboxylic acids is 1. The van der Waals surface area contributed by atoms with Gasteiger partial charge in [-0.2, -0.15) is 0 Å². The van der Waals surface area contributed by atoms with Crippen molar-refractivity contribution in [1.82, 2.24) is 0 Å². The van der Waals surface area contributed by atoms with Gasteiger partial charge < -0.3 is 5.11 Å². The lowest BCUT2D eigenvalue weighted by molar-refractivity contribution is -0.135. The van der Waals surface area contributed by atoms with Crippen LogP contribution in [0, 0.1) is 0 Å². The monoisotopic (exact) mass is 252 g/mol. The van der Waals surface area contributed by atoms with Crippen molar-refractivity contribution < 1.29 is 9.90 Å². The molecule has 0 aliphatic heterocycles. The van der Waals surface area contributed by atoms with Crippen molar-refractivity contribution >= 4 is 33.5 Å². The third-order valence-corrected chi connectivity index (χ3v) is 2.57. The first-order valence-electron chi connectivity index (χ1n) is 3.50. The van der Waals surface area contributed by atoms with E-state index in [1.54, 1.807) is 12.2 Å². The number of aliphatic carboxylic acids is 1. The van der Waals surface area contributed by atoms with Gasteiger partial charge in [0, 0.05) is 9.51 Å². The molecular weight excluding hydrogens is 243 g/mol. The highest BCUT2D eigenvalue weighted by atomic mass is 79.9. The second-order valence-electron chi connectivity index (χ2n) is 2.11. The summed E-state index contributed by atoms with van der Waals surface area (Å²) in [7, 11) is 0. The average Bonchev–Trinajstić information content (AvgIpc) is 2.02. The molecule has 0 rings (SSSR count). The average molecular weight is 254 g/mol. The third-order valence-electron chi connectivity index (χ3n) is 1.13. The quantitative estimate of drug-likeness (QED) is 0.781. The van der Waals surface area contributed by atoms with Gasteiger partial charge in [-0.3, -0.25) is 4.79 Å². The number of carbonyl (C=O) groups is 1. The maximum atomic E-state index is 10.1. The van der Waals surface area contributed by atoms with Gasteiger partial charge in [-0.15, -0.1) is 0 Å². The van der Waals surface area contributed by atoms with E-state index in [9.17, 15) is 4.79 Å².